The Morgan fingerprint density at radius 2 is 1.50 bits per heavy atom. The fourth-order valence-electron chi connectivity index (χ4n) is 7.22. The molecule has 3 unspecified atom stereocenters. The summed E-state index contributed by atoms with van der Waals surface area (Å²) in [6, 6.07) is 0. The Hall–Kier alpha value is -0.120. The largest absolute Gasteiger partial charge is 0.393 e. The van der Waals surface area contributed by atoms with Crippen molar-refractivity contribution in [3.63, 3.8) is 0 Å². The van der Waals surface area contributed by atoms with E-state index < -0.39 is 12.2 Å². The number of hydrogen-bond acceptors (Lipinski definition) is 3. The molecule has 4 fully saturated rings. The van der Waals surface area contributed by atoms with E-state index in [1.165, 1.54) is 19.3 Å². The van der Waals surface area contributed by atoms with Gasteiger partial charge in [0.15, 0.2) is 0 Å². The van der Waals surface area contributed by atoms with Crippen LogP contribution in [0.4, 0.5) is 0 Å². The maximum atomic E-state index is 10.5. The van der Waals surface area contributed by atoms with E-state index in [0.717, 1.165) is 38.0 Å². The van der Waals surface area contributed by atoms with Gasteiger partial charge in [0.05, 0.1) is 18.3 Å². The smallest absolute Gasteiger partial charge is 0.0855 e. The Morgan fingerprint density at radius 3 is 2.27 bits per heavy atom. The molecule has 3 N–H and O–H groups in total. The van der Waals surface area contributed by atoms with Crippen LogP contribution in [0, 0.1) is 34.5 Å². The highest BCUT2D eigenvalue weighted by atomic mass is 16.3. The molecule has 4 rings (SSSR count). The molecule has 0 radical (unpaired) electrons. The Labute approximate surface area is 134 Å². The summed E-state index contributed by atoms with van der Waals surface area (Å²) < 4.78 is 0. The summed E-state index contributed by atoms with van der Waals surface area (Å²) in [7, 11) is 0. The van der Waals surface area contributed by atoms with E-state index in [4.69, 9.17) is 0 Å². The molecule has 0 aromatic rings. The molecular formula is C19H32O3. The van der Waals surface area contributed by atoms with Gasteiger partial charge < -0.3 is 15.3 Å². The zero-order chi connectivity index (χ0) is 15.7. The van der Waals surface area contributed by atoms with Crippen molar-refractivity contribution in [1.82, 2.24) is 0 Å². The van der Waals surface area contributed by atoms with Crippen molar-refractivity contribution in [3.8, 4) is 0 Å². The first-order valence-electron chi connectivity index (χ1n) is 9.40. The lowest BCUT2D eigenvalue weighted by Gasteiger charge is -2.60. The molecule has 4 saturated carbocycles. The Balaban J connectivity index is 1.63. The normalized spacial score (nSPS) is 61.2. The highest BCUT2D eigenvalue weighted by Crippen LogP contribution is 2.66. The second-order valence-corrected chi connectivity index (χ2v) is 9.38. The minimum absolute atomic E-state index is 0.0715. The molecule has 22 heavy (non-hydrogen) atoms. The fourth-order valence-corrected chi connectivity index (χ4v) is 7.22. The van der Waals surface area contributed by atoms with Gasteiger partial charge in [0.1, 0.15) is 0 Å². The van der Waals surface area contributed by atoms with Crippen molar-refractivity contribution in [2.24, 2.45) is 34.5 Å². The van der Waals surface area contributed by atoms with Crippen molar-refractivity contribution in [3.05, 3.63) is 0 Å². The summed E-state index contributed by atoms with van der Waals surface area (Å²) in [6.45, 7) is 4.69. The molecule has 0 saturated heterocycles. The average Bonchev–Trinajstić information content (AvgIpc) is 2.72. The fraction of sp³-hybridized carbons (Fsp3) is 1.00. The third kappa shape index (κ3) is 1.91. The standard InChI is InChI=1S/C19H32O3/c1-18-7-5-12(20)9-11(18)3-4-13-14(18)6-8-19(2)15(13)10-16(21)17(19)22/h11-17,20-22H,3-10H2,1-2H3/t11-,12-,13?,14?,15?,16+,17-,18-,19-/m0/s1. The van der Waals surface area contributed by atoms with Crippen LogP contribution in [0.15, 0.2) is 0 Å². The van der Waals surface area contributed by atoms with Crippen molar-refractivity contribution in [1.29, 1.82) is 0 Å². The molecule has 4 aliphatic rings. The molecule has 0 bridgehead atoms. The number of aliphatic hydroxyl groups is 3. The number of hydrogen-bond donors (Lipinski definition) is 3. The second kappa shape index (κ2) is 4.94. The molecule has 0 aromatic carbocycles. The van der Waals surface area contributed by atoms with Gasteiger partial charge in [-0.25, -0.2) is 0 Å². The van der Waals surface area contributed by atoms with Gasteiger partial charge >= 0.3 is 0 Å². The van der Waals surface area contributed by atoms with Crippen LogP contribution in [-0.4, -0.2) is 33.6 Å². The molecule has 126 valence electrons. The highest BCUT2D eigenvalue weighted by Gasteiger charge is 2.61. The highest BCUT2D eigenvalue weighted by molar-refractivity contribution is 5.11. The van der Waals surface area contributed by atoms with Crippen LogP contribution < -0.4 is 0 Å². The lowest BCUT2D eigenvalue weighted by atomic mass is 9.45. The Morgan fingerprint density at radius 1 is 0.773 bits per heavy atom. The molecule has 3 heteroatoms. The first-order valence-corrected chi connectivity index (χ1v) is 9.40. The van der Waals surface area contributed by atoms with E-state index in [9.17, 15) is 15.3 Å². The Bertz CT molecular complexity index is 452. The molecule has 0 aliphatic heterocycles. The van der Waals surface area contributed by atoms with E-state index in [1.807, 2.05) is 0 Å². The van der Waals surface area contributed by atoms with Gasteiger partial charge in [0, 0.05) is 0 Å². The predicted molar refractivity (Wildman–Crippen MR) is 85.1 cm³/mol. The van der Waals surface area contributed by atoms with Crippen molar-refractivity contribution in [2.45, 2.75) is 83.5 Å². The van der Waals surface area contributed by atoms with Crippen LogP contribution in [0.3, 0.4) is 0 Å². The van der Waals surface area contributed by atoms with Gasteiger partial charge in [-0.1, -0.05) is 13.8 Å². The number of rotatable bonds is 0. The van der Waals surface area contributed by atoms with Crippen LogP contribution in [0.1, 0.15) is 65.2 Å². The van der Waals surface area contributed by atoms with Crippen molar-refractivity contribution in [2.75, 3.05) is 0 Å². The second-order valence-electron chi connectivity index (χ2n) is 9.38. The minimum Gasteiger partial charge on any atom is -0.393 e. The molecule has 0 heterocycles. The maximum Gasteiger partial charge on any atom is 0.0855 e. The summed E-state index contributed by atoms with van der Waals surface area (Å²) in [6.07, 6.45) is 7.49. The molecule has 0 spiro atoms. The van der Waals surface area contributed by atoms with Gasteiger partial charge in [-0.05, 0) is 85.9 Å². The van der Waals surface area contributed by atoms with Crippen LogP contribution in [-0.2, 0) is 0 Å². The third-order valence-corrected chi connectivity index (χ3v) is 8.61. The van der Waals surface area contributed by atoms with E-state index >= 15 is 0 Å². The van der Waals surface area contributed by atoms with Crippen LogP contribution >= 0.6 is 0 Å². The topological polar surface area (TPSA) is 60.7 Å². The minimum atomic E-state index is -0.530. The Kier molecular flexibility index (Phi) is 3.46. The monoisotopic (exact) mass is 308 g/mol. The predicted octanol–water partition coefficient (Wildman–Crippen LogP) is 2.72. The van der Waals surface area contributed by atoms with Gasteiger partial charge in [-0.2, -0.15) is 0 Å². The van der Waals surface area contributed by atoms with E-state index in [0.29, 0.717) is 23.2 Å². The van der Waals surface area contributed by atoms with Crippen LogP contribution in [0.5, 0.6) is 0 Å². The zero-order valence-corrected chi connectivity index (χ0v) is 14.0. The first kappa shape index (κ1) is 15.4. The third-order valence-electron chi connectivity index (χ3n) is 8.61. The number of aliphatic hydroxyl groups excluding tert-OH is 3. The van der Waals surface area contributed by atoms with Gasteiger partial charge in [-0.3, -0.25) is 0 Å². The van der Waals surface area contributed by atoms with Gasteiger partial charge in [0.2, 0.25) is 0 Å². The zero-order valence-electron chi connectivity index (χ0n) is 14.0. The van der Waals surface area contributed by atoms with Crippen LogP contribution in [0.25, 0.3) is 0 Å². The first-order chi connectivity index (χ1) is 10.4. The SMILES string of the molecule is C[C@]12CCC3C(CC[C@H]4C[C@@H](O)CC[C@]34C)C1C[C@@H](O)[C@@H]2O. The molecular weight excluding hydrogens is 276 g/mol. The quantitative estimate of drug-likeness (QED) is 0.645. The molecule has 0 aromatic heterocycles. The van der Waals surface area contributed by atoms with Crippen molar-refractivity contribution < 1.29 is 15.3 Å². The molecule has 4 aliphatic carbocycles. The summed E-state index contributed by atoms with van der Waals surface area (Å²) in [5, 5.41) is 30.8. The van der Waals surface area contributed by atoms with E-state index in [2.05, 4.69) is 13.8 Å². The van der Waals surface area contributed by atoms with Gasteiger partial charge in [-0.15, -0.1) is 0 Å². The molecule has 9 atom stereocenters. The molecule has 3 nitrogen and oxygen atoms in total. The summed E-state index contributed by atoms with van der Waals surface area (Å²) >= 11 is 0. The molecule has 0 amide bonds. The van der Waals surface area contributed by atoms with E-state index in [1.54, 1.807) is 0 Å². The summed E-state index contributed by atoms with van der Waals surface area (Å²) in [5.74, 6) is 2.57. The lowest BCUT2D eigenvalue weighted by molar-refractivity contribution is -0.135. The van der Waals surface area contributed by atoms with Crippen LogP contribution in [0.2, 0.25) is 0 Å². The van der Waals surface area contributed by atoms with E-state index in [-0.39, 0.29) is 11.5 Å². The number of fused-ring (bicyclic) bond motifs is 5. The summed E-state index contributed by atoms with van der Waals surface area (Å²) in [4.78, 5) is 0. The summed E-state index contributed by atoms with van der Waals surface area (Å²) in [5.41, 5.74) is 0.305. The lowest BCUT2D eigenvalue weighted by Crippen LogP contribution is -2.54. The average molecular weight is 308 g/mol. The van der Waals surface area contributed by atoms with Crippen molar-refractivity contribution >= 4 is 0 Å². The van der Waals surface area contributed by atoms with Gasteiger partial charge in [0.25, 0.3) is 0 Å². The maximum absolute atomic E-state index is 10.5.